The number of hydrogen-bond acceptors (Lipinski definition) is 0. The van der Waals surface area contributed by atoms with Crippen molar-refractivity contribution in [3.63, 3.8) is 0 Å². The normalized spacial score (nSPS) is 12.0. The van der Waals surface area contributed by atoms with E-state index in [4.69, 9.17) is 0 Å². The lowest BCUT2D eigenvalue weighted by atomic mass is 9.77. The first-order valence-electron chi connectivity index (χ1n) is 37.5. The van der Waals surface area contributed by atoms with Crippen LogP contribution in [0, 0.1) is 277 Å². The van der Waals surface area contributed by atoms with Gasteiger partial charge in [-0.15, -0.1) is 0 Å². The van der Waals surface area contributed by atoms with Gasteiger partial charge in [0, 0.05) is 0 Å². The monoisotopic (exact) mass is 1320 g/mol. The molecule has 0 atom stereocenters. The number of hydrogen-bond donors (Lipinski definition) is 0. The zero-order valence-corrected chi connectivity index (χ0v) is 70.0. The molecule has 0 spiro atoms. The molecule has 0 aliphatic rings. The Bertz CT molecular complexity index is 4960. The van der Waals surface area contributed by atoms with Crippen molar-refractivity contribution in [2.45, 2.75) is 277 Å². The fraction of sp³-hybridized carbons (Fsp3) is 0.400. The standard InChI is InChI=1S/2C26H30.2C24H30/c2*1-11-13(3)21-17(7)19(9)23-15(5)12(2)16(6)24-20(10)18(8)22(14(11)4)25(21)26(23)24;2*1-11-12(2)16(6)22-20(10)24-18(8)14(4)13(3)17(7)23(24)19(9)21(22)15(11)5/h2*1-10H3;2*1-10H3. The Morgan fingerprint density at radius 2 is 0.100 bits per heavy atom. The van der Waals surface area contributed by atoms with Crippen molar-refractivity contribution in [1.82, 2.24) is 0 Å². The van der Waals surface area contributed by atoms with Gasteiger partial charge in [-0.25, -0.2) is 0 Å². The maximum absolute atomic E-state index is 2.33. The molecule has 0 radical (unpaired) electrons. The highest BCUT2D eigenvalue weighted by Crippen LogP contribution is 2.52. The van der Waals surface area contributed by atoms with Crippen LogP contribution in [-0.4, -0.2) is 0 Å². The summed E-state index contributed by atoms with van der Waals surface area (Å²) >= 11 is 0. The van der Waals surface area contributed by atoms with Crippen LogP contribution < -0.4 is 0 Å². The first kappa shape index (κ1) is 73.4. The molecule has 100 heavy (non-hydrogen) atoms. The van der Waals surface area contributed by atoms with Crippen LogP contribution in [0.1, 0.15) is 223 Å². The number of rotatable bonds is 0. The predicted molar refractivity (Wildman–Crippen MR) is 453 cm³/mol. The summed E-state index contributed by atoms with van der Waals surface area (Å²) in [5.41, 5.74) is 58.1. The Morgan fingerprint density at radius 1 is 0.0500 bits per heavy atom. The quantitative estimate of drug-likeness (QED) is 0.105. The minimum Gasteiger partial charge on any atom is -0.0444 e. The lowest BCUT2D eigenvalue weighted by Crippen LogP contribution is -2.04. The summed E-state index contributed by atoms with van der Waals surface area (Å²) in [6, 6.07) is 0. The number of aryl methyl sites for hydroxylation is 28. The fourth-order valence-corrected chi connectivity index (χ4v) is 20.4. The molecule has 14 aromatic carbocycles. The molecule has 0 saturated carbocycles. The highest BCUT2D eigenvalue weighted by molar-refractivity contribution is 6.31. The zero-order valence-electron chi connectivity index (χ0n) is 70.0. The van der Waals surface area contributed by atoms with Gasteiger partial charge in [-0.3, -0.25) is 0 Å². The van der Waals surface area contributed by atoms with Crippen molar-refractivity contribution < 1.29 is 0 Å². The Kier molecular flexibility index (Phi) is 18.4. The molecule has 0 unspecified atom stereocenters. The van der Waals surface area contributed by atoms with Crippen LogP contribution in [0.5, 0.6) is 0 Å². The van der Waals surface area contributed by atoms with E-state index in [1.807, 2.05) is 0 Å². The molecule has 0 aromatic heterocycles. The maximum Gasteiger partial charge on any atom is -0.00153 e. The van der Waals surface area contributed by atoms with Crippen LogP contribution in [-0.2, 0) is 0 Å². The van der Waals surface area contributed by atoms with E-state index < -0.39 is 0 Å². The summed E-state index contributed by atoms with van der Waals surface area (Å²) in [5, 5.41) is 29.8. The molecule has 0 N–H and O–H groups in total. The Hall–Kier alpha value is -7.80. The van der Waals surface area contributed by atoms with Gasteiger partial charge in [-0.05, 0) is 607 Å². The van der Waals surface area contributed by atoms with E-state index in [1.54, 1.807) is 0 Å². The van der Waals surface area contributed by atoms with Gasteiger partial charge in [0.1, 0.15) is 0 Å². The summed E-state index contributed by atoms with van der Waals surface area (Å²) in [7, 11) is 0. The molecule has 520 valence electrons. The van der Waals surface area contributed by atoms with Gasteiger partial charge in [0.15, 0.2) is 0 Å². The average Bonchev–Trinajstić information content (AvgIpc) is 0.698. The van der Waals surface area contributed by atoms with Gasteiger partial charge in [-0.2, -0.15) is 0 Å². The second-order valence-electron chi connectivity index (χ2n) is 32.5. The molecule has 0 aliphatic heterocycles. The van der Waals surface area contributed by atoms with Gasteiger partial charge >= 0.3 is 0 Å². The van der Waals surface area contributed by atoms with E-state index in [2.05, 4.69) is 277 Å². The molecule has 0 heterocycles. The van der Waals surface area contributed by atoms with E-state index in [-0.39, 0.29) is 0 Å². The minimum atomic E-state index is 1.44. The summed E-state index contributed by atoms with van der Waals surface area (Å²) in [6.45, 7) is 92.1. The molecule has 0 heteroatoms. The second kappa shape index (κ2) is 25.0. The molecule has 0 nitrogen and oxygen atoms in total. The first-order valence-corrected chi connectivity index (χ1v) is 37.5. The summed E-state index contributed by atoms with van der Waals surface area (Å²) in [5.74, 6) is 0. The number of fused-ring (bicyclic) bond motifs is 4. The third-order valence-corrected chi connectivity index (χ3v) is 29.0. The van der Waals surface area contributed by atoms with Crippen molar-refractivity contribution in [1.29, 1.82) is 0 Å². The van der Waals surface area contributed by atoms with Crippen LogP contribution >= 0.6 is 0 Å². The minimum absolute atomic E-state index is 1.44. The average molecular weight is 1320 g/mol. The Morgan fingerprint density at radius 3 is 0.180 bits per heavy atom. The van der Waals surface area contributed by atoms with E-state index in [9.17, 15) is 0 Å². The van der Waals surface area contributed by atoms with Crippen molar-refractivity contribution in [2.75, 3.05) is 0 Å². The molecule has 0 bridgehead atoms. The van der Waals surface area contributed by atoms with Gasteiger partial charge in [0.25, 0.3) is 0 Å². The predicted octanol–water partition coefficient (Wildman–Crippen LogP) is 29.5. The summed E-state index contributed by atoms with van der Waals surface area (Å²) in [4.78, 5) is 0. The van der Waals surface area contributed by atoms with E-state index in [1.165, 1.54) is 330 Å². The van der Waals surface area contributed by atoms with Crippen molar-refractivity contribution in [2.24, 2.45) is 0 Å². The van der Waals surface area contributed by atoms with Gasteiger partial charge in [0.05, 0.1) is 0 Å². The molecule has 0 amide bonds. The lowest BCUT2D eigenvalue weighted by molar-refractivity contribution is 1.22. The Labute approximate surface area is 603 Å². The molecule has 0 fully saturated rings. The number of benzene rings is 14. The van der Waals surface area contributed by atoms with Crippen molar-refractivity contribution in [3.8, 4) is 0 Å². The fourth-order valence-electron chi connectivity index (χ4n) is 20.4. The topological polar surface area (TPSA) is 0 Å². The zero-order chi connectivity index (χ0) is 74.6. The summed E-state index contributed by atoms with van der Waals surface area (Å²) < 4.78 is 0. The van der Waals surface area contributed by atoms with Crippen molar-refractivity contribution in [3.05, 3.63) is 223 Å². The molecule has 0 saturated heterocycles. The lowest BCUT2D eigenvalue weighted by Gasteiger charge is -2.27. The SMILES string of the molecule is Cc1c(C)c(C)c2c(C)c3c(C)c(C)c(C)c(C)c3c(C)c2c1C.Cc1c(C)c(C)c2c(C)c3c(C)c(C)c(C)c(C)c3c(C)c2c1C.Cc1c(C)c2c(C)c(C)c3c(C)c(C)c(C)c4c(C)c(C)c(c1C)c2c34.Cc1c(C)c2c(C)c(C)c3c(C)c(C)c(C)c4c(C)c(C)c(c1C)c2c34. The molecule has 14 rings (SSSR count). The summed E-state index contributed by atoms with van der Waals surface area (Å²) in [6.07, 6.45) is 0. The first-order chi connectivity index (χ1) is 46.4. The smallest absolute Gasteiger partial charge is 0.00153 e. The second-order valence-corrected chi connectivity index (χ2v) is 32.5. The molecule has 0 aliphatic carbocycles. The van der Waals surface area contributed by atoms with E-state index in [0.717, 1.165) is 0 Å². The van der Waals surface area contributed by atoms with Gasteiger partial charge in [0.2, 0.25) is 0 Å². The van der Waals surface area contributed by atoms with Crippen molar-refractivity contribution >= 4 is 108 Å². The third kappa shape index (κ3) is 9.69. The van der Waals surface area contributed by atoms with Crippen LogP contribution in [0.15, 0.2) is 0 Å². The molecular formula is C100H120. The van der Waals surface area contributed by atoms with E-state index >= 15 is 0 Å². The molecular weight excluding hydrogens is 1200 g/mol. The Balaban J connectivity index is 0.000000135. The highest BCUT2D eigenvalue weighted by Gasteiger charge is 2.29. The third-order valence-electron chi connectivity index (χ3n) is 29.0. The van der Waals surface area contributed by atoms with Gasteiger partial charge < -0.3 is 0 Å². The van der Waals surface area contributed by atoms with Gasteiger partial charge in [-0.1, -0.05) is 0 Å². The highest BCUT2D eigenvalue weighted by atomic mass is 14.3. The maximum atomic E-state index is 2.33. The van der Waals surface area contributed by atoms with E-state index in [0.29, 0.717) is 0 Å². The molecule has 14 aromatic rings. The van der Waals surface area contributed by atoms with Crippen LogP contribution in [0.4, 0.5) is 0 Å². The largest absolute Gasteiger partial charge is 0.0444 e. The van der Waals surface area contributed by atoms with Crippen LogP contribution in [0.25, 0.3) is 108 Å². The van der Waals surface area contributed by atoms with Crippen LogP contribution in [0.3, 0.4) is 0 Å². The van der Waals surface area contributed by atoms with Crippen LogP contribution in [0.2, 0.25) is 0 Å².